The quantitative estimate of drug-likeness (QED) is 0.681. The lowest BCUT2D eigenvalue weighted by atomic mass is 9.98. The van der Waals surface area contributed by atoms with Crippen molar-refractivity contribution in [1.82, 2.24) is 10.6 Å². The van der Waals surface area contributed by atoms with Crippen LogP contribution in [0.3, 0.4) is 0 Å². The van der Waals surface area contributed by atoms with E-state index in [1.165, 1.54) is 0 Å². The first-order valence-corrected chi connectivity index (χ1v) is 5.98. The third-order valence-electron chi connectivity index (χ3n) is 2.42. The normalized spacial score (nSPS) is 13.7. The molecule has 0 saturated carbocycles. The molecule has 1 unspecified atom stereocenters. The van der Waals surface area contributed by atoms with Gasteiger partial charge in [-0.05, 0) is 33.6 Å². The zero-order valence-electron chi connectivity index (χ0n) is 10.8. The highest BCUT2D eigenvalue weighted by molar-refractivity contribution is 5.81. The third kappa shape index (κ3) is 6.50. The van der Waals surface area contributed by atoms with Gasteiger partial charge in [0.1, 0.15) is 0 Å². The molecule has 1 atom stereocenters. The molecule has 0 aromatic carbocycles. The average Bonchev–Trinajstić information content (AvgIpc) is 2.13. The number of hydrogen-bond acceptors (Lipinski definition) is 2. The number of carbonyl (C=O) groups is 1. The zero-order valence-corrected chi connectivity index (χ0v) is 10.8. The molecule has 0 rings (SSSR count). The van der Waals surface area contributed by atoms with Gasteiger partial charge in [-0.2, -0.15) is 0 Å². The Labute approximate surface area is 94.0 Å². The molecule has 0 aromatic heterocycles. The molecule has 90 valence electrons. The van der Waals surface area contributed by atoms with Gasteiger partial charge >= 0.3 is 0 Å². The highest BCUT2D eigenvalue weighted by Crippen LogP contribution is 2.11. The monoisotopic (exact) mass is 214 g/mol. The van der Waals surface area contributed by atoms with Crippen molar-refractivity contribution in [2.24, 2.45) is 0 Å². The van der Waals surface area contributed by atoms with Crippen molar-refractivity contribution in [3.05, 3.63) is 0 Å². The Bertz CT molecular complexity index is 190. The molecule has 0 spiro atoms. The van der Waals surface area contributed by atoms with Crippen LogP contribution < -0.4 is 10.6 Å². The Balaban J connectivity index is 3.99. The number of hydrogen-bond donors (Lipinski definition) is 2. The van der Waals surface area contributed by atoms with Gasteiger partial charge in [-0.25, -0.2) is 0 Å². The fourth-order valence-corrected chi connectivity index (χ4v) is 1.75. The summed E-state index contributed by atoms with van der Waals surface area (Å²) in [5.41, 5.74) is 0.0394. The Kier molecular flexibility index (Phi) is 6.57. The minimum absolute atomic E-state index is 0.0394. The number of amides is 1. The number of rotatable bonds is 7. The second kappa shape index (κ2) is 6.83. The van der Waals surface area contributed by atoms with Gasteiger partial charge < -0.3 is 10.6 Å². The summed E-state index contributed by atoms with van der Waals surface area (Å²) in [6.07, 6.45) is 3.19. The minimum Gasteiger partial charge on any atom is -0.355 e. The second-order valence-corrected chi connectivity index (χ2v) is 4.79. The molecular weight excluding hydrogens is 188 g/mol. The SMILES string of the molecule is CCCNC(=O)C(C)NC(C)(C)CCC. The van der Waals surface area contributed by atoms with E-state index in [1.807, 2.05) is 6.92 Å². The van der Waals surface area contributed by atoms with Crippen LogP contribution in [0.25, 0.3) is 0 Å². The molecule has 0 aromatic rings. The average molecular weight is 214 g/mol. The Morgan fingerprint density at radius 1 is 1.27 bits per heavy atom. The van der Waals surface area contributed by atoms with Gasteiger partial charge in [0.2, 0.25) is 5.91 Å². The molecular formula is C12H26N2O. The standard InChI is InChI=1S/C12H26N2O/c1-6-8-12(4,5)14-10(3)11(15)13-9-7-2/h10,14H,6-9H2,1-5H3,(H,13,15). The van der Waals surface area contributed by atoms with Crippen molar-refractivity contribution in [2.75, 3.05) is 6.54 Å². The summed E-state index contributed by atoms with van der Waals surface area (Å²) in [6, 6.07) is -0.113. The largest absolute Gasteiger partial charge is 0.355 e. The van der Waals surface area contributed by atoms with E-state index in [0.717, 1.165) is 25.8 Å². The van der Waals surface area contributed by atoms with Crippen molar-refractivity contribution >= 4 is 5.91 Å². The molecule has 3 heteroatoms. The van der Waals surface area contributed by atoms with Crippen LogP contribution in [0, 0.1) is 0 Å². The summed E-state index contributed by atoms with van der Waals surface area (Å²) in [5, 5.41) is 6.25. The molecule has 3 nitrogen and oxygen atoms in total. The summed E-state index contributed by atoms with van der Waals surface area (Å²) < 4.78 is 0. The lowest BCUT2D eigenvalue weighted by Crippen LogP contribution is -2.51. The maximum Gasteiger partial charge on any atom is 0.236 e. The summed E-state index contributed by atoms with van der Waals surface area (Å²) >= 11 is 0. The molecule has 15 heavy (non-hydrogen) atoms. The molecule has 0 aliphatic rings. The highest BCUT2D eigenvalue weighted by atomic mass is 16.2. The van der Waals surface area contributed by atoms with E-state index in [9.17, 15) is 4.79 Å². The first-order chi connectivity index (χ1) is 6.93. The van der Waals surface area contributed by atoms with Crippen LogP contribution in [-0.4, -0.2) is 24.0 Å². The van der Waals surface area contributed by atoms with Gasteiger partial charge in [0.05, 0.1) is 6.04 Å². The van der Waals surface area contributed by atoms with Crippen LogP contribution in [0.5, 0.6) is 0 Å². The Morgan fingerprint density at radius 2 is 1.87 bits per heavy atom. The van der Waals surface area contributed by atoms with Crippen molar-refractivity contribution in [2.45, 2.75) is 65.5 Å². The smallest absolute Gasteiger partial charge is 0.236 e. The van der Waals surface area contributed by atoms with Crippen molar-refractivity contribution in [1.29, 1.82) is 0 Å². The molecule has 0 radical (unpaired) electrons. The van der Waals surface area contributed by atoms with E-state index in [0.29, 0.717) is 0 Å². The van der Waals surface area contributed by atoms with Crippen LogP contribution in [0.4, 0.5) is 0 Å². The van der Waals surface area contributed by atoms with E-state index in [-0.39, 0.29) is 17.5 Å². The van der Waals surface area contributed by atoms with Crippen LogP contribution in [0.1, 0.15) is 53.9 Å². The Morgan fingerprint density at radius 3 is 2.33 bits per heavy atom. The predicted octanol–water partition coefficient (Wildman–Crippen LogP) is 2.07. The molecule has 1 amide bonds. The maximum absolute atomic E-state index is 11.6. The van der Waals surface area contributed by atoms with Gasteiger partial charge in [0, 0.05) is 12.1 Å². The zero-order chi connectivity index (χ0) is 11.9. The van der Waals surface area contributed by atoms with Crippen LogP contribution in [0.2, 0.25) is 0 Å². The maximum atomic E-state index is 11.6. The first kappa shape index (κ1) is 14.4. The van der Waals surface area contributed by atoms with E-state index in [4.69, 9.17) is 0 Å². The van der Waals surface area contributed by atoms with E-state index >= 15 is 0 Å². The lowest BCUT2D eigenvalue weighted by Gasteiger charge is -2.29. The third-order valence-corrected chi connectivity index (χ3v) is 2.42. The van der Waals surface area contributed by atoms with Crippen molar-refractivity contribution in [3.8, 4) is 0 Å². The van der Waals surface area contributed by atoms with Gasteiger partial charge in [-0.15, -0.1) is 0 Å². The van der Waals surface area contributed by atoms with Gasteiger partial charge in [-0.1, -0.05) is 20.3 Å². The summed E-state index contributed by atoms with van der Waals surface area (Å²) in [5.74, 6) is 0.0982. The van der Waals surface area contributed by atoms with E-state index in [1.54, 1.807) is 0 Å². The van der Waals surface area contributed by atoms with Gasteiger partial charge in [0.15, 0.2) is 0 Å². The predicted molar refractivity (Wildman–Crippen MR) is 64.9 cm³/mol. The lowest BCUT2D eigenvalue weighted by molar-refractivity contribution is -0.123. The topological polar surface area (TPSA) is 41.1 Å². The fraction of sp³-hybridized carbons (Fsp3) is 0.917. The molecule has 0 heterocycles. The molecule has 0 aliphatic heterocycles. The minimum atomic E-state index is -0.113. The van der Waals surface area contributed by atoms with Gasteiger partial charge in [0.25, 0.3) is 0 Å². The highest BCUT2D eigenvalue weighted by Gasteiger charge is 2.22. The van der Waals surface area contributed by atoms with E-state index in [2.05, 4.69) is 38.3 Å². The summed E-state index contributed by atoms with van der Waals surface area (Å²) in [7, 11) is 0. The molecule has 0 fully saturated rings. The van der Waals surface area contributed by atoms with Gasteiger partial charge in [-0.3, -0.25) is 4.79 Å². The molecule has 0 bridgehead atoms. The van der Waals surface area contributed by atoms with Crippen LogP contribution in [0.15, 0.2) is 0 Å². The number of carbonyl (C=O) groups excluding carboxylic acids is 1. The second-order valence-electron chi connectivity index (χ2n) is 4.79. The van der Waals surface area contributed by atoms with Crippen LogP contribution in [-0.2, 0) is 4.79 Å². The molecule has 2 N–H and O–H groups in total. The van der Waals surface area contributed by atoms with Crippen LogP contribution >= 0.6 is 0 Å². The Hall–Kier alpha value is -0.570. The van der Waals surface area contributed by atoms with Crippen molar-refractivity contribution in [3.63, 3.8) is 0 Å². The fourth-order valence-electron chi connectivity index (χ4n) is 1.75. The van der Waals surface area contributed by atoms with E-state index < -0.39 is 0 Å². The first-order valence-electron chi connectivity index (χ1n) is 5.98. The molecule has 0 aliphatic carbocycles. The van der Waals surface area contributed by atoms with Crippen molar-refractivity contribution < 1.29 is 4.79 Å². The molecule has 0 saturated heterocycles. The number of nitrogens with one attached hydrogen (secondary N) is 2. The summed E-state index contributed by atoms with van der Waals surface area (Å²) in [6.45, 7) is 11.2. The summed E-state index contributed by atoms with van der Waals surface area (Å²) in [4.78, 5) is 11.6.